The van der Waals surface area contributed by atoms with E-state index in [1.807, 2.05) is 0 Å². The minimum Gasteiger partial charge on any atom is -0.550 e. The number of carbonyl (C=O) groups is 1. The highest BCUT2D eigenvalue weighted by atomic mass is 19.6. The van der Waals surface area contributed by atoms with Crippen molar-refractivity contribution in [1.82, 2.24) is 0 Å². The molecule has 0 aliphatic rings. The van der Waals surface area contributed by atoms with Crippen molar-refractivity contribution in [3.63, 3.8) is 0 Å². The topological polar surface area (TPSA) is 40.1 Å². The van der Waals surface area contributed by atoms with Crippen LogP contribution in [0, 0.1) is 0 Å². The van der Waals surface area contributed by atoms with E-state index < -0.39 is 23.3 Å². The molecule has 11 heteroatoms. The third-order valence-corrected chi connectivity index (χ3v) is 0.659. The molecule has 0 spiro atoms. The SMILES string of the molecule is CC(=O)[O-].FC(F)(F)C(F)(F)[N+](F)(F)F. The molecule has 0 aromatic carbocycles. The molecule has 0 N–H and O–H groups in total. The van der Waals surface area contributed by atoms with E-state index in [0.29, 0.717) is 0 Å². The van der Waals surface area contributed by atoms with Gasteiger partial charge in [0.05, 0.1) is 13.4 Å². The Bertz CT molecular complexity index is 198. The minimum atomic E-state index is -6.69. The van der Waals surface area contributed by atoms with Gasteiger partial charge in [-0.1, -0.05) is 0 Å². The molecule has 3 nitrogen and oxygen atoms in total. The molecule has 15 heavy (non-hydrogen) atoms. The second-order valence-corrected chi connectivity index (χ2v) is 1.98. The fraction of sp³-hybridized carbons (Fsp3) is 0.750. The van der Waals surface area contributed by atoms with Crippen LogP contribution >= 0.6 is 0 Å². The summed E-state index contributed by atoms with van der Waals surface area (Å²) in [6.45, 7) is 0.972. The largest absolute Gasteiger partial charge is 0.602 e. The number of carboxylic acids is 1. The molecule has 0 rings (SSSR count). The Hall–Kier alpha value is -1.13. The van der Waals surface area contributed by atoms with Gasteiger partial charge in [0.2, 0.25) is 0 Å². The fourth-order valence-electron chi connectivity index (χ4n) is 0.144. The van der Waals surface area contributed by atoms with E-state index in [1.54, 1.807) is 0 Å². The summed E-state index contributed by atoms with van der Waals surface area (Å²) < 4.78 is 87.2. The van der Waals surface area contributed by atoms with E-state index >= 15 is 0 Å². The van der Waals surface area contributed by atoms with Gasteiger partial charge in [-0.25, -0.2) is 0 Å². The molecule has 0 unspecified atom stereocenters. The van der Waals surface area contributed by atoms with Crippen molar-refractivity contribution in [2.75, 3.05) is 0 Å². The lowest BCUT2D eigenvalue weighted by atomic mass is 10.5. The highest BCUT2D eigenvalue weighted by Crippen LogP contribution is 2.44. The molecule has 0 fully saturated rings. The van der Waals surface area contributed by atoms with Crippen LogP contribution in [-0.4, -0.2) is 23.3 Å². The molecule has 0 saturated heterocycles. The summed E-state index contributed by atoms with van der Waals surface area (Å²) in [6.07, 6.45) is -6.61. The number of halogens is 8. The lowest BCUT2D eigenvalue weighted by Gasteiger charge is -2.14. The van der Waals surface area contributed by atoms with E-state index in [-0.39, 0.29) is 0 Å². The van der Waals surface area contributed by atoms with Gasteiger partial charge in [-0.2, -0.15) is 13.2 Å². The lowest BCUT2D eigenvalue weighted by Crippen LogP contribution is -2.52. The van der Waals surface area contributed by atoms with Crippen LogP contribution in [0.2, 0.25) is 0 Å². The Morgan fingerprint density at radius 3 is 1.27 bits per heavy atom. The molecular formula is C4H3F8NO2. The van der Waals surface area contributed by atoms with Crippen LogP contribution in [0.3, 0.4) is 0 Å². The van der Waals surface area contributed by atoms with Gasteiger partial charge in [-0.15, -0.1) is 8.78 Å². The van der Waals surface area contributed by atoms with Crippen LogP contribution in [0.1, 0.15) is 6.92 Å². The minimum absolute atomic E-state index is 0.972. The molecule has 92 valence electrons. The van der Waals surface area contributed by atoms with Crippen LogP contribution in [0.4, 0.5) is 35.4 Å². The number of carbonyl (C=O) groups excluding carboxylic acids is 1. The second-order valence-electron chi connectivity index (χ2n) is 1.98. The predicted molar refractivity (Wildman–Crippen MR) is 25.3 cm³/mol. The van der Waals surface area contributed by atoms with E-state index in [1.165, 1.54) is 0 Å². The van der Waals surface area contributed by atoms with Gasteiger partial charge < -0.3 is 9.90 Å². The van der Waals surface area contributed by atoms with E-state index in [2.05, 4.69) is 0 Å². The van der Waals surface area contributed by atoms with Crippen LogP contribution in [0.5, 0.6) is 0 Å². The summed E-state index contributed by atoms with van der Waals surface area (Å²) in [4.78, 5) is 8.89. The van der Waals surface area contributed by atoms with Crippen molar-refractivity contribution in [2.24, 2.45) is 0 Å². The Kier molecular flexibility index (Phi) is 4.99. The first-order chi connectivity index (χ1) is 6.23. The Labute approximate surface area is 76.9 Å². The third kappa shape index (κ3) is 5.34. The summed E-state index contributed by atoms with van der Waals surface area (Å²) in [5, 5.41) is 2.94. The van der Waals surface area contributed by atoms with Gasteiger partial charge in [0, 0.05) is 5.97 Å². The van der Waals surface area contributed by atoms with Crippen molar-refractivity contribution >= 4 is 5.97 Å². The smallest absolute Gasteiger partial charge is 0.550 e. The zero-order valence-electron chi connectivity index (χ0n) is 6.79. The number of hydrogen-bond donors (Lipinski definition) is 0. The number of nitrogens with zero attached hydrogens (tertiary/aromatic N) is 1. The molecule has 0 heterocycles. The fourth-order valence-corrected chi connectivity index (χ4v) is 0.144. The maximum atomic E-state index is 11.2. The van der Waals surface area contributed by atoms with E-state index in [9.17, 15) is 35.4 Å². The van der Waals surface area contributed by atoms with Crippen molar-refractivity contribution in [3.8, 4) is 0 Å². The van der Waals surface area contributed by atoms with Crippen molar-refractivity contribution in [1.29, 1.82) is 0 Å². The Morgan fingerprint density at radius 1 is 1.07 bits per heavy atom. The average Bonchev–Trinajstić information content (AvgIpc) is 1.79. The Morgan fingerprint density at radius 2 is 1.27 bits per heavy atom. The van der Waals surface area contributed by atoms with E-state index in [4.69, 9.17) is 9.90 Å². The molecule has 0 aromatic rings. The molecule has 0 saturated carbocycles. The molecule has 0 aliphatic carbocycles. The molecule has 0 amide bonds. The maximum absolute atomic E-state index is 11.2. The number of quaternary nitrogens is 1. The molecule has 0 aromatic heterocycles. The molecule has 0 radical (unpaired) electrons. The van der Waals surface area contributed by atoms with Gasteiger partial charge in [0.15, 0.2) is 0 Å². The van der Waals surface area contributed by atoms with Crippen LogP contribution < -0.4 is 5.11 Å². The monoisotopic (exact) mass is 249 g/mol. The van der Waals surface area contributed by atoms with Crippen molar-refractivity contribution in [2.45, 2.75) is 19.1 Å². The quantitative estimate of drug-likeness (QED) is 0.400. The van der Waals surface area contributed by atoms with Crippen molar-refractivity contribution < 1.29 is 50.4 Å². The summed E-state index contributed by atoms with van der Waals surface area (Å²) in [6, 6.07) is -6.69. The van der Waals surface area contributed by atoms with Gasteiger partial charge in [-0.05, 0) is 6.92 Å². The number of aliphatic carboxylic acids is 1. The number of carboxylic acid groups (broad SMARTS) is 1. The first-order valence-electron chi connectivity index (χ1n) is 2.83. The summed E-state index contributed by atoms with van der Waals surface area (Å²) in [5.74, 6) is -1.08. The van der Waals surface area contributed by atoms with E-state index in [0.717, 1.165) is 6.92 Å². The Balaban J connectivity index is 0. The molecule has 0 atom stereocenters. The standard InChI is InChI=1S/C2F8N.C2H4O2/c3-1(4,5)2(6,7)11(8,9)10;1-2(3)4/h;1H3,(H,3,4)/q+1;/p-1. The number of rotatable bonds is 1. The predicted octanol–water partition coefficient (Wildman–Crippen LogP) is 1.37. The van der Waals surface area contributed by atoms with Gasteiger partial charge in [-0.3, -0.25) is 0 Å². The maximum Gasteiger partial charge on any atom is 0.602 e. The lowest BCUT2D eigenvalue weighted by molar-refractivity contribution is -1.32. The zero-order valence-corrected chi connectivity index (χ0v) is 6.79. The summed E-state index contributed by atoms with van der Waals surface area (Å²) in [5.41, 5.74) is 0. The molecule has 0 aliphatic heterocycles. The zero-order chi connectivity index (χ0) is 13.1. The molecule has 0 bridgehead atoms. The van der Waals surface area contributed by atoms with Crippen LogP contribution in [-0.2, 0) is 4.79 Å². The van der Waals surface area contributed by atoms with Crippen molar-refractivity contribution in [3.05, 3.63) is 0 Å². The second kappa shape index (κ2) is 4.59. The van der Waals surface area contributed by atoms with Crippen LogP contribution in [0.15, 0.2) is 0 Å². The highest BCUT2D eigenvalue weighted by molar-refractivity contribution is 5.60. The average molecular weight is 249 g/mol. The highest BCUT2D eigenvalue weighted by Gasteiger charge is 2.81. The normalized spacial score (nSPS) is 12.9. The summed E-state index contributed by atoms with van der Waals surface area (Å²) >= 11 is 0. The molecular weight excluding hydrogens is 246 g/mol. The van der Waals surface area contributed by atoms with Gasteiger partial charge in [0.25, 0.3) is 0 Å². The third-order valence-electron chi connectivity index (χ3n) is 0.659. The first-order valence-corrected chi connectivity index (χ1v) is 2.83. The first kappa shape index (κ1) is 16.3. The summed E-state index contributed by atoms with van der Waals surface area (Å²) in [7, 11) is 0. The number of alkyl halides is 5. The number of hydrogen-bond acceptors (Lipinski definition) is 2. The van der Waals surface area contributed by atoms with Crippen LogP contribution in [0.25, 0.3) is 0 Å². The van der Waals surface area contributed by atoms with Gasteiger partial charge >= 0.3 is 17.4 Å². The van der Waals surface area contributed by atoms with Gasteiger partial charge in [0.1, 0.15) is 0 Å².